The molecule has 1 unspecified atom stereocenters. The van der Waals surface area contributed by atoms with E-state index < -0.39 is 5.60 Å². The maximum Gasteiger partial charge on any atom is 0.162 e. The number of aryl methyl sites for hydroxylation is 1. The summed E-state index contributed by atoms with van der Waals surface area (Å²) in [5.41, 5.74) is 0.447. The van der Waals surface area contributed by atoms with Gasteiger partial charge in [0.2, 0.25) is 0 Å². The molecule has 0 N–H and O–H groups in total. The van der Waals surface area contributed by atoms with E-state index in [4.69, 9.17) is 14.2 Å². The molecule has 0 radical (unpaired) electrons. The van der Waals surface area contributed by atoms with Crippen LogP contribution in [-0.4, -0.2) is 31.9 Å². The van der Waals surface area contributed by atoms with Crippen LogP contribution in [0.2, 0.25) is 0 Å². The highest BCUT2D eigenvalue weighted by atomic mass is 16.7. The lowest BCUT2D eigenvalue weighted by atomic mass is 9.88. The molecule has 0 aromatic heterocycles. The minimum atomic E-state index is -0.785. The molecule has 0 amide bonds. The fourth-order valence-electron chi connectivity index (χ4n) is 4.02. The number of rotatable bonds is 14. The normalized spacial score (nSPS) is 15.5. The Kier molecular flexibility index (Phi) is 15.3. The van der Waals surface area contributed by atoms with Gasteiger partial charge in [0.05, 0.1) is 0 Å². The topological polar surface area (TPSA) is 44.8 Å². The molecule has 1 saturated carbocycles. The molecular formula is C28H48O4. The SMILES string of the molecule is CCC1CCCCC1.CCCC(OC)OCCCCCc1cccc(OC(C)(C)C=O)c1. The minimum Gasteiger partial charge on any atom is -0.480 e. The summed E-state index contributed by atoms with van der Waals surface area (Å²) >= 11 is 0. The number of unbranched alkanes of at least 4 members (excludes halogenated alkanes) is 2. The minimum absolute atomic E-state index is 0.0648. The summed E-state index contributed by atoms with van der Waals surface area (Å²) in [5, 5.41) is 0. The van der Waals surface area contributed by atoms with Crippen molar-refractivity contribution in [1.82, 2.24) is 0 Å². The summed E-state index contributed by atoms with van der Waals surface area (Å²) < 4.78 is 16.7. The van der Waals surface area contributed by atoms with Crippen LogP contribution in [0.5, 0.6) is 5.75 Å². The maximum atomic E-state index is 11.0. The lowest BCUT2D eigenvalue weighted by Gasteiger charge is -2.20. The predicted molar refractivity (Wildman–Crippen MR) is 133 cm³/mol. The average Bonchev–Trinajstić information content (AvgIpc) is 2.81. The number of benzene rings is 1. The van der Waals surface area contributed by atoms with Crippen molar-refractivity contribution < 1.29 is 19.0 Å². The van der Waals surface area contributed by atoms with Crippen LogP contribution in [0.15, 0.2) is 24.3 Å². The van der Waals surface area contributed by atoms with Crippen molar-refractivity contribution in [2.75, 3.05) is 13.7 Å². The van der Waals surface area contributed by atoms with Crippen molar-refractivity contribution in [1.29, 1.82) is 0 Å². The van der Waals surface area contributed by atoms with E-state index in [1.165, 1.54) is 44.1 Å². The molecule has 1 atom stereocenters. The van der Waals surface area contributed by atoms with E-state index in [0.29, 0.717) is 0 Å². The van der Waals surface area contributed by atoms with E-state index in [2.05, 4.69) is 19.9 Å². The van der Waals surface area contributed by atoms with Crippen molar-refractivity contribution in [3.05, 3.63) is 29.8 Å². The Morgan fingerprint density at radius 3 is 2.44 bits per heavy atom. The summed E-state index contributed by atoms with van der Waals surface area (Å²) in [4.78, 5) is 11.0. The third kappa shape index (κ3) is 13.2. The molecule has 2 rings (SSSR count). The molecule has 1 fully saturated rings. The molecule has 0 saturated heterocycles. The molecule has 0 aliphatic heterocycles. The zero-order chi connectivity index (χ0) is 23.7. The molecular weight excluding hydrogens is 400 g/mol. The first-order chi connectivity index (χ1) is 15.4. The van der Waals surface area contributed by atoms with Crippen molar-refractivity contribution in [2.45, 2.75) is 117 Å². The predicted octanol–water partition coefficient (Wildman–Crippen LogP) is 7.52. The zero-order valence-corrected chi connectivity index (χ0v) is 21.4. The van der Waals surface area contributed by atoms with Gasteiger partial charge in [0, 0.05) is 13.7 Å². The molecule has 1 aliphatic carbocycles. The lowest BCUT2D eigenvalue weighted by Crippen LogP contribution is -2.29. The van der Waals surface area contributed by atoms with Crippen LogP contribution < -0.4 is 4.74 Å². The van der Waals surface area contributed by atoms with Crippen LogP contribution in [0.1, 0.15) is 104 Å². The highest BCUT2D eigenvalue weighted by molar-refractivity contribution is 5.61. The van der Waals surface area contributed by atoms with E-state index >= 15 is 0 Å². The van der Waals surface area contributed by atoms with Gasteiger partial charge in [-0.1, -0.05) is 77.3 Å². The van der Waals surface area contributed by atoms with Crippen LogP contribution in [0.3, 0.4) is 0 Å². The molecule has 4 nitrogen and oxygen atoms in total. The first-order valence-electron chi connectivity index (χ1n) is 12.8. The molecule has 0 spiro atoms. The number of carbonyl (C=O) groups is 1. The van der Waals surface area contributed by atoms with E-state index in [1.807, 2.05) is 18.2 Å². The van der Waals surface area contributed by atoms with Crippen molar-refractivity contribution >= 4 is 6.29 Å². The number of ether oxygens (including phenoxy) is 3. The van der Waals surface area contributed by atoms with E-state index in [1.54, 1.807) is 21.0 Å². The second-order valence-electron chi connectivity index (χ2n) is 9.52. The molecule has 0 bridgehead atoms. The van der Waals surface area contributed by atoms with E-state index in [9.17, 15) is 4.79 Å². The van der Waals surface area contributed by atoms with Crippen LogP contribution in [-0.2, 0) is 20.7 Å². The van der Waals surface area contributed by atoms with Crippen molar-refractivity contribution in [3.63, 3.8) is 0 Å². The Bertz CT molecular complexity index is 593. The van der Waals surface area contributed by atoms with Gasteiger partial charge < -0.3 is 14.2 Å². The molecule has 32 heavy (non-hydrogen) atoms. The summed E-state index contributed by atoms with van der Waals surface area (Å²) in [5.74, 6) is 1.83. The Balaban J connectivity index is 0.000000533. The van der Waals surface area contributed by atoms with Gasteiger partial charge in [0.25, 0.3) is 0 Å². The van der Waals surface area contributed by atoms with E-state index in [0.717, 1.165) is 63.1 Å². The monoisotopic (exact) mass is 448 g/mol. The summed E-state index contributed by atoms with van der Waals surface area (Å²) in [7, 11) is 1.70. The number of carbonyl (C=O) groups excluding carboxylic acids is 1. The van der Waals surface area contributed by atoms with Gasteiger partial charge in [0.15, 0.2) is 18.2 Å². The van der Waals surface area contributed by atoms with Gasteiger partial charge in [-0.2, -0.15) is 0 Å². The van der Waals surface area contributed by atoms with Crippen LogP contribution >= 0.6 is 0 Å². The Morgan fingerprint density at radius 2 is 1.84 bits per heavy atom. The number of aldehydes is 1. The largest absolute Gasteiger partial charge is 0.480 e. The average molecular weight is 449 g/mol. The van der Waals surface area contributed by atoms with Gasteiger partial charge in [-0.3, -0.25) is 4.79 Å². The second kappa shape index (κ2) is 17.1. The number of methoxy groups -OCH3 is 1. The fraction of sp³-hybridized carbons (Fsp3) is 0.750. The van der Waals surface area contributed by atoms with Gasteiger partial charge in [-0.15, -0.1) is 0 Å². The first kappa shape index (κ1) is 28.6. The van der Waals surface area contributed by atoms with Gasteiger partial charge in [-0.25, -0.2) is 0 Å². The third-order valence-electron chi connectivity index (χ3n) is 6.07. The second-order valence-corrected chi connectivity index (χ2v) is 9.52. The van der Waals surface area contributed by atoms with E-state index in [-0.39, 0.29) is 6.29 Å². The number of hydrogen-bond donors (Lipinski definition) is 0. The molecule has 1 aliphatic rings. The fourth-order valence-corrected chi connectivity index (χ4v) is 4.02. The molecule has 1 aromatic carbocycles. The molecule has 184 valence electrons. The molecule has 0 heterocycles. The maximum absolute atomic E-state index is 11.0. The highest BCUT2D eigenvalue weighted by Gasteiger charge is 2.18. The van der Waals surface area contributed by atoms with Crippen LogP contribution in [0.25, 0.3) is 0 Å². The van der Waals surface area contributed by atoms with Gasteiger partial charge in [-0.05, 0) is 63.1 Å². The molecule has 4 heteroatoms. The Labute approximate surface area is 197 Å². The van der Waals surface area contributed by atoms with Crippen LogP contribution in [0.4, 0.5) is 0 Å². The summed E-state index contributed by atoms with van der Waals surface area (Å²) in [6.45, 7) is 8.71. The van der Waals surface area contributed by atoms with Gasteiger partial charge in [0.1, 0.15) is 5.75 Å². The quantitative estimate of drug-likeness (QED) is 0.168. The molecule has 1 aromatic rings. The highest BCUT2D eigenvalue weighted by Crippen LogP contribution is 2.25. The Morgan fingerprint density at radius 1 is 1.09 bits per heavy atom. The van der Waals surface area contributed by atoms with Crippen LogP contribution in [0, 0.1) is 5.92 Å². The van der Waals surface area contributed by atoms with Crippen molar-refractivity contribution in [2.24, 2.45) is 5.92 Å². The number of hydrogen-bond acceptors (Lipinski definition) is 4. The smallest absolute Gasteiger partial charge is 0.162 e. The zero-order valence-electron chi connectivity index (χ0n) is 21.4. The standard InChI is InChI=1S/C20H32O4.C8H16/c1-5-10-19(22-4)23-14-8-6-7-11-17-12-9-13-18(15-17)24-20(2,3)16-21;1-2-8-6-4-3-5-7-8/h9,12-13,15-16,19H,5-8,10-11,14H2,1-4H3;8H,2-7H2,1H3. The Hall–Kier alpha value is -1.39. The lowest BCUT2D eigenvalue weighted by molar-refractivity contribution is -0.128. The summed E-state index contributed by atoms with van der Waals surface area (Å²) in [6.07, 6.45) is 16.0. The third-order valence-corrected chi connectivity index (χ3v) is 6.07. The first-order valence-corrected chi connectivity index (χ1v) is 12.8. The summed E-state index contributed by atoms with van der Waals surface area (Å²) in [6, 6.07) is 7.98. The van der Waals surface area contributed by atoms with Crippen molar-refractivity contribution in [3.8, 4) is 5.75 Å². The van der Waals surface area contributed by atoms with Gasteiger partial charge >= 0.3 is 0 Å².